The summed E-state index contributed by atoms with van der Waals surface area (Å²) in [4.78, 5) is 10.2. The fraction of sp³-hybridized carbons (Fsp3) is 0.434. The van der Waals surface area contributed by atoms with E-state index in [4.69, 9.17) is 70.6 Å². The number of hydrogen-bond acceptors (Lipinski definition) is 14. The minimum absolute atomic E-state index is 0.0641. The Kier molecular flexibility index (Phi) is 43.4. The molecule has 0 amide bonds. The first-order valence-electron chi connectivity index (χ1n) is 43.0. The number of benzene rings is 9. The fourth-order valence-corrected chi connectivity index (χ4v) is 13.0. The number of methoxy groups -OCH3 is 1. The van der Waals surface area contributed by atoms with Crippen LogP contribution in [0.3, 0.4) is 0 Å². The summed E-state index contributed by atoms with van der Waals surface area (Å²) in [7, 11) is 1.66. The highest BCUT2D eigenvalue weighted by Crippen LogP contribution is 2.39. The number of para-hydroxylation sites is 2. The normalized spacial score (nSPS) is 11.3. The topological polar surface area (TPSA) is 118 Å². The molecule has 0 spiro atoms. The first-order valence-corrected chi connectivity index (χ1v) is 45.4. The van der Waals surface area contributed by atoms with Crippen LogP contribution in [0.2, 0.25) is 9.49 Å². The molecule has 0 radical (unpaired) electrons. The molecular formula is C106H142Cl2N2O10S2. The molecule has 2 aromatic heterocycles. The molecule has 0 fully saturated rings. The Labute approximate surface area is 752 Å². The second-order valence-corrected chi connectivity index (χ2v) is 39.8. The lowest BCUT2D eigenvalue weighted by molar-refractivity contribution is 0.268. The van der Waals surface area contributed by atoms with Crippen molar-refractivity contribution in [3.63, 3.8) is 0 Å². The van der Waals surface area contributed by atoms with E-state index < -0.39 is 0 Å². The van der Waals surface area contributed by atoms with E-state index in [1.165, 1.54) is 50.3 Å². The van der Waals surface area contributed by atoms with Crippen LogP contribution in [0.4, 0.5) is 0 Å². The van der Waals surface area contributed by atoms with Crippen LogP contribution < -0.4 is 47.4 Å². The highest BCUT2D eigenvalue weighted by molar-refractivity contribution is 7.15. The first-order chi connectivity index (χ1) is 57.5. The molecule has 16 heteroatoms. The zero-order chi connectivity index (χ0) is 90.3. The quantitative estimate of drug-likeness (QED) is 0.0488. The van der Waals surface area contributed by atoms with Crippen molar-refractivity contribution in [2.24, 2.45) is 5.92 Å². The molecule has 2 heterocycles. The summed E-state index contributed by atoms with van der Waals surface area (Å²) < 4.78 is 57.7. The molecule has 9 aromatic carbocycles. The van der Waals surface area contributed by atoms with Gasteiger partial charge in [-0.3, -0.25) is 4.98 Å². The number of ether oxygens (including phenoxy) is 10. The van der Waals surface area contributed by atoms with Gasteiger partial charge in [-0.15, -0.1) is 22.7 Å². The van der Waals surface area contributed by atoms with Gasteiger partial charge in [0.2, 0.25) is 0 Å². The molecule has 0 aliphatic heterocycles. The first kappa shape index (κ1) is 103. The number of thiazole rings is 2. The summed E-state index contributed by atoms with van der Waals surface area (Å²) in [5.74, 6) is 11.8. The zero-order valence-corrected chi connectivity index (χ0v) is 81.5. The van der Waals surface area contributed by atoms with Gasteiger partial charge in [0.05, 0.1) is 55.4 Å². The fourth-order valence-electron chi connectivity index (χ4n) is 11.4. The number of rotatable bonds is 27. The molecule has 0 bridgehead atoms. The largest absolute Gasteiger partial charge is 0.497 e. The van der Waals surface area contributed by atoms with Gasteiger partial charge < -0.3 is 47.4 Å². The molecule has 12 nitrogen and oxygen atoms in total. The lowest BCUT2D eigenvalue weighted by Gasteiger charge is -2.23. The molecule has 0 saturated heterocycles. The van der Waals surface area contributed by atoms with Crippen molar-refractivity contribution in [1.29, 1.82) is 0 Å². The van der Waals surface area contributed by atoms with E-state index in [9.17, 15) is 0 Å². The average molecular weight is 1740 g/mol. The van der Waals surface area contributed by atoms with Gasteiger partial charge in [-0.1, -0.05) is 276 Å². The van der Waals surface area contributed by atoms with Crippen molar-refractivity contribution in [3.05, 3.63) is 282 Å². The Hall–Kier alpha value is -9.18. The van der Waals surface area contributed by atoms with E-state index in [-0.39, 0.29) is 32.5 Å². The molecule has 0 aliphatic rings. The predicted molar refractivity (Wildman–Crippen MR) is 517 cm³/mol. The number of aromatic nitrogens is 2. The lowest BCUT2D eigenvalue weighted by atomic mass is 9.86. The Morgan fingerprint density at radius 1 is 0.344 bits per heavy atom. The highest BCUT2D eigenvalue weighted by atomic mass is 35.5. The van der Waals surface area contributed by atoms with Crippen molar-refractivity contribution in [2.45, 2.75) is 257 Å². The van der Waals surface area contributed by atoms with Crippen molar-refractivity contribution in [3.8, 4) is 69.0 Å². The van der Waals surface area contributed by atoms with E-state index in [2.05, 4.69) is 257 Å². The Morgan fingerprint density at radius 2 is 0.779 bits per heavy atom. The van der Waals surface area contributed by atoms with Crippen molar-refractivity contribution >= 4 is 45.9 Å². The van der Waals surface area contributed by atoms with Gasteiger partial charge in [0, 0.05) is 34.6 Å². The van der Waals surface area contributed by atoms with Crippen LogP contribution in [0.25, 0.3) is 0 Å². The smallest absolute Gasteiger partial charge is 0.183 e. The second kappa shape index (κ2) is 51.2. The Morgan fingerprint density at radius 3 is 1.25 bits per heavy atom. The van der Waals surface area contributed by atoms with Crippen LogP contribution in [-0.4, -0.2) is 50.1 Å². The summed E-state index contributed by atoms with van der Waals surface area (Å²) in [6.45, 7) is 61.5. The molecule has 0 unspecified atom stereocenters. The van der Waals surface area contributed by atoms with Crippen molar-refractivity contribution < 1.29 is 47.4 Å². The Balaban J connectivity index is 0.000000253. The summed E-state index contributed by atoms with van der Waals surface area (Å²) >= 11 is 14.8. The standard InChI is InChI=1S/C17H20O2.2C16H26O2.C16H18O.C14H16ClNOS.C14H17NOS.C13H19ClO/c1-17(2,3)13-6-5-7-16(12-13)19-15-10-8-14(18-4)9-11-15;1-6-10-17-13-8-9-15(18-11-7-2)14(12-13)16(3,4)5;1-6-8-17-14-10-13(16(3,4)5)11-15(12-14)18-9-7-2;1-16(2,3)14-11-7-8-12-15(14)17-13-9-5-4-6-10-13;1-14(2,3)10-5-4-6-11(7-10)17-9-12-8-16-13(15)18-12;1-14(2,3)11-5-4-6-12(7-11)16-9-13-8-15-10-17-13;1-9(2)8-15-13-6-5-11(14)7-12(13)10(3)4/h5-12H,1-4H3;8-9,12H,6-7,10-11H2,1-5H3;10-12H,6-9H2,1-5H3;4-12H,1-3H3;4-8H,9H2,1-3H3;4-8,10H,9H2,1-3H3;5-7,9-10H,8H2,1-4H3. The number of halogens is 2. The van der Waals surface area contributed by atoms with Gasteiger partial charge in [-0.25, -0.2) is 4.98 Å². The van der Waals surface area contributed by atoms with E-state index >= 15 is 0 Å². The molecule has 0 N–H and O–H groups in total. The Bertz CT molecular complexity index is 4720. The molecular weight excluding hydrogens is 1600 g/mol. The average Bonchev–Trinajstić information content (AvgIpc) is 0.941. The third-order valence-corrected chi connectivity index (χ3v) is 20.5. The van der Waals surface area contributed by atoms with Crippen molar-refractivity contribution in [1.82, 2.24) is 9.97 Å². The maximum Gasteiger partial charge on any atom is 0.183 e. The predicted octanol–water partition coefficient (Wildman–Crippen LogP) is 31.9. The number of hydrogen-bond donors (Lipinski definition) is 0. The second-order valence-electron chi connectivity index (χ2n) is 36.7. The van der Waals surface area contributed by atoms with E-state index in [1.807, 2.05) is 151 Å². The highest BCUT2D eigenvalue weighted by Gasteiger charge is 2.23. The van der Waals surface area contributed by atoms with Gasteiger partial charge >= 0.3 is 0 Å². The van der Waals surface area contributed by atoms with Gasteiger partial charge in [0.15, 0.2) is 4.47 Å². The van der Waals surface area contributed by atoms with Crippen LogP contribution >= 0.6 is 45.9 Å². The summed E-state index contributed by atoms with van der Waals surface area (Å²) in [6.07, 6.45) is 7.69. The van der Waals surface area contributed by atoms with E-state index in [0.29, 0.717) is 29.5 Å². The number of nitrogens with zero attached hydrogens (tertiary/aromatic N) is 2. The van der Waals surface area contributed by atoms with Crippen LogP contribution in [0.1, 0.15) is 260 Å². The molecule has 11 aromatic rings. The maximum absolute atomic E-state index is 5.97. The van der Waals surface area contributed by atoms with Gasteiger partial charge in [0.25, 0.3) is 0 Å². The van der Waals surface area contributed by atoms with Gasteiger partial charge in [-0.2, -0.15) is 0 Å². The van der Waals surface area contributed by atoms with Crippen molar-refractivity contribution in [2.75, 3.05) is 40.1 Å². The monoisotopic (exact) mass is 1740 g/mol. The summed E-state index contributed by atoms with van der Waals surface area (Å²) in [5.41, 5.74) is 11.2. The van der Waals surface area contributed by atoms with Gasteiger partial charge in [0.1, 0.15) is 82.2 Å². The molecule has 662 valence electrons. The molecule has 0 aliphatic carbocycles. The third kappa shape index (κ3) is 39.1. The molecule has 0 atom stereocenters. The van der Waals surface area contributed by atoms with Crippen LogP contribution in [0.15, 0.2) is 224 Å². The van der Waals surface area contributed by atoms with E-state index in [1.54, 1.807) is 24.6 Å². The van der Waals surface area contributed by atoms with Crippen LogP contribution in [0, 0.1) is 5.92 Å². The summed E-state index contributed by atoms with van der Waals surface area (Å²) in [6, 6.07) is 68.6. The molecule has 122 heavy (non-hydrogen) atoms. The maximum atomic E-state index is 5.97. The van der Waals surface area contributed by atoms with Gasteiger partial charge in [-0.05, 0) is 225 Å². The minimum Gasteiger partial charge on any atom is -0.497 e. The zero-order valence-electron chi connectivity index (χ0n) is 78.3. The van der Waals surface area contributed by atoms with Crippen LogP contribution in [0.5, 0.6) is 69.0 Å². The third-order valence-electron chi connectivity index (χ3n) is 18.4. The van der Waals surface area contributed by atoms with Crippen LogP contribution in [-0.2, 0) is 45.7 Å². The minimum atomic E-state index is 0.0641. The molecule has 11 rings (SSSR count). The summed E-state index contributed by atoms with van der Waals surface area (Å²) in [5, 5.41) is 0.774. The van der Waals surface area contributed by atoms with E-state index in [0.717, 1.165) is 142 Å². The SMILES string of the molecule is CC(C)(C)c1cccc(OCc2cnc(Cl)s2)c1.CC(C)(C)c1cccc(OCc2cncs2)c1.CC(C)(C)c1ccccc1Oc1ccccc1.CC(C)COc1ccc(Cl)cc1C(C)C.CCCOc1cc(OCCC)cc(C(C)(C)C)c1.CCCOc1ccc(OCCC)c(C(C)(C)C)c1.COc1ccc(Oc2cccc(C(C)(C)C)c2)cc1. The lowest BCUT2D eigenvalue weighted by Crippen LogP contribution is -2.14. The molecule has 0 saturated carbocycles.